The van der Waals surface area contributed by atoms with Crippen LogP contribution >= 0.6 is 0 Å². The molecule has 2 heteroatoms. The van der Waals surface area contributed by atoms with Crippen LogP contribution in [0.15, 0.2) is 0 Å². The first-order valence-corrected chi connectivity index (χ1v) is 10.7. The van der Waals surface area contributed by atoms with E-state index in [1.165, 1.54) is 77.7 Å². The number of piperidine rings is 2. The number of hydrogen-bond donors (Lipinski definition) is 0. The van der Waals surface area contributed by atoms with E-state index in [2.05, 4.69) is 51.3 Å². The summed E-state index contributed by atoms with van der Waals surface area (Å²) in [7, 11) is 0. The van der Waals surface area contributed by atoms with Crippen LogP contribution in [0.1, 0.15) is 86.5 Å². The number of likely N-dealkylation sites (tertiary alicyclic amines) is 2. The lowest BCUT2D eigenvalue weighted by Crippen LogP contribution is -2.46. The van der Waals surface area contributed by atoms with Crippen molar-refractivity contribution in [3.8, 4) is 0 Å². The van der Waals surface area contributed by atoms with Crippen LogP contribution in [0.4, 0.5) is 0 Å². The summed E-state index contributed by atoms with van der Waals surface area (Å²) in [6.45, 7) is 20.9. The molecule has 2 fully saturated rings. The predicted molar refractivity (Wildman–Crippen MR) is 107 cm³/mol. The summed E-state index contributed by atoms with van der Waals surface area (Å²) in [4.78, 5) is 5.41. The zero-order valence-electron chi connectivity index (χ0n) is 17.5. The minimum atomic E-state index is 0.364. The largest absolute Gasteiger partial charge is 0.303 e. The maximum absolute atomic E-state index is 2.73. The van der Waals surface area contributed by atoms with E-state index in [1.807, 2.05) is 0 Å². The number of nitrogens with zero attached hydrogens (tertiary/aromatic N) is 2. The molecule has 0 radical (unpaired) electrons. The average Bonchev–Trinajstić information content (AvgIpc) is 2.54. The molecular weight excluding hydrogens is 292 g/mol. The van der Waals surface area contributed by atoms with Gasteiger partial charge in [0.25, 0.3) is 0 Å². The van der Waals surface area contributed by atoms with Gasteiger partial charge >= 0.3 is 0 Å². The first-order chi connectivity index (χ1) is 11.2. The van der Waals surface area contributed by atoms with Crippen LogP contribution < -0.4 is 0 Å². The lowest BCUT2D eigenvalue weighted by atomic mass is 9.81. The molecule has 142 valence electrons. The SMILES string of the molecule is CCC(C)(C)CCN1CCC(CC2CCN(C(C)(C)C)CC2)CC1. The molecule has 0 amide bonds. The molecule has 2 aliphatic heterocycles. The molecule has 2 heterocycles. The Morgan fingerprint density at radius 2 is 1.29 bits per heavy atom. The Morgan fingerprint density at radius 1 is 0.792 bits per heavy atom. The molecule has 0 atom stereocenters. The highest BCUT2D eigenvalue weighted by Gasteiger charge is 2.29. The van der Waals surface area contributed by atoms with E-state index in [1.54, 1.807) is 0 Å². The highest BCUT2D eigenvalue weighted by molar-refractivity contribution is 4.84. The quantitative estimate of drug-likeness (QED) is 0.638. The fourth-order valence-electron chi connectivity index (χ4n) is 4.39. The van der Waals surface area contributed by atoms with Gasteiger partial charge in [-0.15, -0.1) is 0 Å². The van der Waals surface area contributed by atoms with Crippen molar-refractivity contribution < 1.29 is 0 Å². The van der Waals surface area contributed by atoms with Gasteiger partial charge in [0.05, 0.1) is 0 Å². The molecule has 0 bridgehead atoms. The molecule has 2 aliphatic rings. The summed E-state index contributed by atoms with van der Waals surface area (Å²) in [6.07, 6.45) is 9.94. The average molecular weight is 337 g/mol. The molecule has 2 rings (SSSR count). The van der Waals surface area contributed by atoms with Crippen molar-refractivity contribution in [1.82, 2.24) is 9.80 Å². The van der Waals surface area contributed by atoms with Crippen molar-refractivity contribution in [2.24, 2.45) is 17.3 Å². The highest BCUT2D eigenvalue weighted by Crippen LogP contribution is 2.32. The second kappa shape index (κ2) is 8.54. The van der Waals surface area contributed by atoms with Gasteiger partial charge in [-0.3, -0.25) is 4.90 Å². The molecule has 0 saturated carbocycles. The Bertz CT molecular complexity index is 353. The van der Waals surface area contributed by atoms with E-state index >= 15 is 0 Å². The van der Waals surface area contributed by atoms with Gasteiger partial charge in [-0.2, -0.15) is 0 Å². The molecule has 0 unspecified atom stereocenters. The van der Waals surface area contributed by atoms with Crippen molar-refractivity contribution in [1.29, 1.82) is 0 Å². The third-order valence-corrected chi connectivity index (χ3v) is 7.00. The van der Waals surface area contributed by atoms with Crippen molar-refractivity contribution in [2.75, 3.05) is 32.7 Å². The molecule has 2 nitrogen and oxygen atoms in total. The normalized spacial score (nSPS) is 23.8. The molecule has 0 spiro atoms. The van der Waals surface area contributed by atoms with Crippen LogP contribution in [0.2, 0.25) is 0 Å². The monoisotopic (exact) mass is 336 g/mol. The summed E-state index contributed by atoms with van der Waals surface area (Å²) in [5.41, 5.74) is 0.889. The zero-order chi connectivity index (χ0) is 17.8. The molecular formula is C22H44N2. The van der Waals surface area contributed by atoms with Crippen LogP contribution in [0.3, 0.4) is 0 Å². The Morgan fingerprint density at radius 3 is 1.75 bits per heavy atom. The Hall–Kier alpha value is -0.0800. The van der Waals surface area contributed by atoms with Gasteiger partial charge < -0.3 is 4.90 Å². The third kappa shape index (κ3) is 6.33. The second-order valence-corrected chi connectivity index (χ2v) is 10.4. The molecule has 0 aromatic carbocycles. The first-order valence-electron chi connectivity index (χ1n) is 10.7. The van der Waals surface area contributed by atoms with Gasteiger partial charge in [0.2, 0.25) is 0 Å². The van der Waals surface area contributed by atoms with Crippen LogP contribution in [-0.4, -0.2) is 48.1 Å². The van der Waals surface area contributed by atoms with Gasteiger partial charge in [0.1, 0.15) is 0 Å². The minimum absolute atomic E-state index is 0.364. The smallest absolute Gasteiger partial charge is 0.0125 e. The van der Waals surface area contributed by atoms with Crippen LogP contribution in [0, 0.1) is 17.3 Å². The summed E-state index contributed by atoms with van der Waals surface area (Å²) >= 11 is 0. The topological polar surface area (TPSA) is 6.48 Å². The zero-order valence-corrected chi connectivity index (χ0v) is 17.5. The summed E-state index contributed by atoms with van der Waals surface area (Å²) in [6, 6.07) is 0. The maximum atomic E-state index is 2.73. The number of hydrogen-bond acceptors (Lipinski definition) is 2. The van der Waals surface area contributed by atoms with Crippen molar-refractivity contribution in [3.05, 3.63) is 0 Å². The first kappa shape index (κ1) is 20.2. The number of rotatable bonds is 6. The van der Waals surface area contributed by atoms with Gasteiger partial charge in [-0.25, -0.2) is 0 Å². The highest BCUT2D eigenvalue weighted by atomic mass is 15.2. The van der Waals surface area contributed by atoms with E-state index < -0.39 is 0 Å². The van der Waals surface area contributed by atoms with Crippen molar-refractivity contribution >= 4 is 0 Å². The third-order valence-electron chi connectivity index (χ3n) is 7.00. The molecule has 0 N–H and O–H groups in total. The van der Waals surface area contributed by atoms with Gasteiger partial charge in [0.15, 0.2) is 0 Å². The molecule has 0 aromatic heterocycles. The van der Waals surface area contributed by atoms with Crippen molar-refractivity contribution in [2.45, 2.75) is 92.0 Å². The van der Waals surface area contributed by atoms with E-state index in [0.717, 1.165) is 11.8 Å². The van der Waals surface area contributed by atoms with Gasteiger partial charge in [0, 0.05) is 5.54 Å². The molecule has 0 aliphatic carbocycles. The van der Waals surface area contributed by atoms with E-state index in [-0.39, 0.29) is 0 Å². The fourth-order valence-corrected chi connectivity index (χ4v) is 4.39. The summed E-state index contributed by atoms with van der Waals surface area (Å²) in [5, 5.41) is 0. The van der Waals surface area contributed by atoms with E-state index in [0.29, 0.717) is 11.0 Å². The van der Waals surface area contributed by atoms with E-state index in [9.17, 15) is 0 Å². The van der Waals surface area contributed by atoms with Gasteiger partial charge in [-0.1, -0.05) is 27.2 Å². The van der Waals surface area contributed by atoms with E-state index in [4.69, 9.17) is 0 Å². The Kier molecular flexibility index (Phi) is 7.20. The fraction of sp³-hybridized carbons (Fsp3) is 1.00. The van der Waals surface area contributed by atoms with Gasteiger partial charge in [-0.05, 0) is 109 Å². The second-order valence-electron chi connectivity index (χ2n) is 10.4. The Balaban J connectivity index is 1.64. The van der Waals surface area contributed by atoms with Crippen LogP contribution in [0.25, 0.3) is 0 Å². The summed E-state index contributed by atoms with van der Waals surface area (Å²) < 4.78 is 0. The predicted octanol–water partition coefficient (Wildman–Crippen LogP) is 5.43. The van der Waals surface area contributed by atoms with Crippen LogP contribution in [0.5, 0.6) is 0 Å². The standard InChI is InChI=1S/C22H44N2/c1-7-22(5,6)12-17-23-13-8-19(9-14-23)18-20-10-15-24(16-11-20)21(2,3)4/h19-20H,7-18H2,1-6H3. The summed E-state index contributed by atoms with van der Waals surface area (Å²) in [5.74, 6) is 2.01. The van der Waals surface area contributed by atoms with Crippen LogP contribution in [-0.2, 0) is 0 Å². The molecule has 24 heavy (non-hydrogen) atoms. The molecule has 2 saturated heterocycles. The molecule has 0 aromatic rings. The van der Waals surface area contributed by atoms with Crippen molar-refractivity contribution in [3.63, 3.8) is 0 Å². The minimum Gasteiger partial charge on any atom is -0.303 e. The Labute approximate surface area is 152 Å². The maximum Gasteiger partial charge on any atom is 0.0125 e. The lowest BCUT2D eigenvalue weighted by Gasteiger charge is -2.42. The lowest BCUT2D eigenvalue weighted by molar-refractivity contribution is 0.0734.